The zero-order valence-electron chi connectivity index (χ0n) is 13.9. The Morgan fingerprint density at radius 3 is 2.50 bits per heavy atom. The number of aromatic nitrogens is 2. The molecule has 1 fully saturated rings. The van der Waals surface area contributed by atoms with E-state index in [4.69, 9.17) is 4.74 Å². The van der Waals surface area contributed by atoms with Crippen molar-refractivity contribution < 1.29 is 4.74 Å². The van der Waals surface area contributed by atoms with Crippen molar-refractivity contribution in [1.82, 2.24) is 14.9 Å². The molecule has 6 heteroatoms. The Balaban J connectivity index is 1.79. The van der Waals surface area contributed by atoms with E-state index < -0.39 is 0 Å². The molecule has 0 atom stereocenters. The van der Waals surface area contributed by atoms with Crippen LogP contribution >= 0.6 is 11.3 Å². The second-order valence-corrected chi connectivity index (χ2v) is 6.90. The third kappa shape index (κ3) is 2.72. The van der Waals surface area contributed by atoms with Crippen LogP contribution in [0.4, 0.5) is 5.82 Å². The van der Waals surface area contributed by atoms with Crippen LogP contribution < -0.4 is 9.64 Å². The second kappa shape index (κ2) is 6.37. The number of hydrogen-bond acceptors (Lipinski definition) is 6. The Morgan fingerprint density at radius 1 is 1.04 bits per heavy atom. The number of benzene rings is 1. The van der Waals surface area contributed by atoms with Crippen LogP contribution in [0.25, 0.3) is 21.3 Å². The van der Waals surface area contributed by atoms with Gasteiger partial charge in [-0.3, -0.25) is 0 Å². The van der Waals surface area contributed by atoms with Crippen molar-refractivity contribution in [2.45, 2.75) is 0 Å². The van der Waals surface area contributed by atoms with Gasteiger partial charge in [0.05, 0.1) is 12.5 Å². The summed E-state index contributed by atoms with van der Waals surface area (Å²) in [7, 11) is 3.86. The number of anilines is 1. The zero-order valence-corrected chi connectivity index (χ0v) is 14.7. The minimum atomic E-state index is 0.869. The molecular formula is C18H20N4OS. The molecule has 0 N–H and O–H groups in total. The predicted molar refractivity (Wildman–Crippen MR) is 99.1 cm³/mol. The molecule has 0 spiro atoms. The molecule has 1 aliphatic heterocycles. The molecule has 0 amide bonds. The minimum Gasteiger partial charge on any atom is -0.497 e. The molecule has 1 saturated heterocycles. The normalized spacial score (nSPS) is 15.8. The summed E-state index contributed by atoms with van der Waals surface area (Å²) in [6.07, 6.45) is 1.68. The highest BCUT2D eigenvalue weighted by Crippen LogP contribution is 2.38. The third-order valence-electron chi connectivity index (χ3n) is 4.55. The molecule has 0 saturated carbocycles. The molecule has 0 aliphatic carbocycles. The summed E-state index contributed by atoms with van der Waals surface area (Å²) in [5.74, 6) is 1.92. The molecule has 1 aromatic carbocycles. The van der Waals surface area contributed by atoms with E-state index in [-0.39, 0.29) is 0 Å². The summed E-state index contributed by atoms with van der Waals surface area (Å²) in [6, 6.07) is 8.19. The van der Waals surface area contributed by atoms with Crippen LogP contribution in [0, 0.1) is 0 Å². The maximum absolute atomic E-state index is 5.27. The number of fused-ring (bicyclic) bond motifs is 1. The topological polar surface area (TPSA) is 41.5 Å². The Morgan fingerprint density at radius 2 is 1.79 bits per heavy atom. The van der Waals surface area contributed by atoms with Crippen molar-refractivity contribution in [1.29, 1.82) is 0 Å². The highest BCUT2D eigenvalue weighted by Gasteiger charge is 2.21. The summed E-state index contributed by atoms with van der Waals surface area (Å²) < 4.78 is 5.27. The number of methoxy groups -OCH3 is 1. The first-order chi connectivity index (χ1) is 11.8. The number of thiophene rings is 1. The van der Waals surface area contributed by atoms with E-state index >= 15 is 0 Å². The molecule has 4 rings (SSSR count). The van der Waals surface area contributed by atoms with Gasteiger partial charge in [0.1, 0.15) is 22.7 Å². The summed E-state index contributed by atoms with van der Waals surface area (Å²) in [5.41, 5.74) is 2.37. The van der Waals surface area contributed by atoms with E-state index in [0.29, 0.717) is 0 Å². The molecule has 0 unspecified atom stereocenters. The van der Waals surface area contributed by atoms with Crippen molar-refractivity contribution in [3.05, 3.63) is 36.0 Å². The maximum Gasteiger partial charge on any atom is 0.141 e. The SMILES string of the molecule is COc1ccc(-c2csc3ncnc(N4CCN(C)CC4)c23)cc1. The van der Waals surface area contributed by atoms with Crippen molar-refractivity contribution >= 4 is 27.4 Å². The van der Waals surface area contributed by atoms with Gasteiger partial charge >= 0.3 is 0 Å². The Hall–Kier alpha value is -2.18. The summed E-state index contributed by atoms with van der Waals surface area (Å²) in [5, 5.41) is 3.35. The highest BCUT2D eigenvalue weighted by molar-refractivity contribution is 7.17. The lowest BCUT2D eigenvalue weighted by atomic mass is 10.1. The lowest BCUT2D eigenvalue weighted by molar-refractivity contribution is 0.312. The van der Waals surface area contributed by atoms with Crippen LogP contribution in [0.5, 0.6) is 5.75 Å². The van der Waals surface area contributed by atoms with Gasteiger partial charge in [0.2, 0.25) is 0 Å². The van der Waals surface area contributed by atoms with E-state index in [0.717, 1.165) is 48.0 Å². The largest absolute Gasteiger partial charge is 0.497 e. The van der Waals surface area contributed by atoms with Gasteiger partial charge in [-0.1, -0.05) is 12.1 Å². The first kappa shape index (κ1) is 15.4. The molecule has 24 heavy (non-hydrogen) atoms. The van der Waals surface area contributed by atoms with Crippen LogP contribution in [0.1, 0.15) is 0 Å². The molecule has 1 aliphatic rings. The highest BCUT2D eigenvalue weighted by atomic mass is 32.1. The quantitative estimate of drug-likeness (QED) is 0.733. The molecule has 3 aromatic rings. The Labute approximate surface area is 145 Å². The first-order valence-electron chi connectivity index (χ1n) is 8.06. The van der Waals surface area contributed by atoms with E-state index in [9.17, 15) is 0 Å². The van der Waals surface area contributed by atoms with Gasteiger partial charge in [-0.2, -0.15) is 0 Å². The summed E-state index contributed by atoms with van der Waals surface area (Å²) >= 11 is 1.68. The van der Waals surface area contributed by atoms with Crippen LogP contribution in [0.15, 0.2) is 36.0 Å². The maximum atomic E-state index is 5.27. The third-order valence-corrected chi connectivity index (χ3v) is 5.44. The lowest BCUT2D eigenvalue weighted by Crippen LogP contribution is -2.44. The van der Waals surface area contributed by atoms with Gasteiger partial charge < -0.3 is 14.5 Å². The number of rotatable bonds is 3. The van der Waals surface area contributed by atoms with Crippen LogP contribution in [0.2, 0.25) is 0 Å². The second-order valence-electron chi connectivity index (χ2n) is 6.05. The Kier molecular flexibility index (Phi) is 4.08. The Bertz CT molecular complexity index is 838. The summed E-state index contributed by atoms with van der Waals surface area (Å²) in [4.78, 5) is 14.9. The van der Waals surface area contributed by atoms with Crippen LogP contribution in [-0.4, -0.2) is 55.2 Å². The van der Waals surface area contributed by atoms with Crippen LogP contribution in [0.3, 0.4) is 0 Å². The van der Waals surface area contributed by atoms with Gasteiger partial charge in [-0.25, -0.2) is 9.97 Å². The fourth-order valence-electron chi connectivity index (χ4n) is 3.10. The van der Waals surface area contributed by atoms with E-state index in [1.807, 2.05) is 12.1 Å². The number of piperazine rings is 1. The van der Waals surface area contributed by atoms with Gasteiger partial charge in [0.25, 0.3) is 0 Å². The molecule has 3 heterocycles. The van der Waals surface area contributed by atoms with Crippen molar-refractivity contribution in [3.63, 3.8) is 0 Å². The van der Waals surface area contributed by atoms with Crippen molar-refractivity contribution in [2.75, 3.05) is 45.2 Å². The molecule has 124 valence electrons. The number of hydrogen-bond donors (Lipinski definition) is 0. The monoisotopic (exact) mass is 340 g/mol. The fourth-order valence-corrected chi connectivity index (χ4v) is 4.01. The summed E-state index contributed by atoms with van der Waals surface area (Å²) in [6.45, 7) is 4.13. The van der Waals surface area contributed by atoms with E-state index in [1.54, 1.807) is 24.8 Å². The van der Waals surface area contributed by atoms with E-state index in [1.165, 1.54) is 11.1 Å². The van der Waals surface area contributed by atoms with Crippen molar-refractivity contribution in [3.8, 4) is 16.9 Å². The lowest BCUT2D eigenvalue weighted by Gasteiger charge is -2.33. The smallest absolute Gasteiger partial charge is 0.141 e. The van der Waals surface area contributed by atoms with Gasteiger partial charge in [-0.15, -0.1) is 11.3 Å². The molecule has 0 bridgehead atoms. The fraction of sp³-hybridized carbons (Fsp3) is 0.333. The standard InChI is InChI=1S/C18H20N4OS/c1-21-7-9-22(10-8-21)17-16-15(11-24-18(16)20-12-19-17)13-3-5-14(23-2)6-4-13/h3-6,11-12H,7-10H2,1-2H3. The number of nitrogens with zero attached hydrogens (tertiary/aromatic N) is 4. The van der Waals surface area contributed by atoms with E-state index in [2.05, 4.69) is 44.3 Å². The molecule has 5 nitrogen and oxygen atoms in total. The van der Waals surface area contributed by atoms with Gasteiger partial charge in [0, 0.05) is 37.1 Å². The van der Waals surface area contributed by atoms with Crippen LogP contribution in [-0.2, 0) is 0 Å². The van der Waals surface area contributed by atoms with Gasteiger partial charge in [0.15, 0.2) is 0 Å². The average Bonchev–Trinajstić information content (AvgIpc) is 3.07. The predicted octanol–water partition coefficient (Wildman–Crippen LogP) is 3.12. The first-order valence-corrected chi connectivity index (χ1v) is 8.94. The zero-order chi connectivity index (χ0) is 16.5. The average molecular weight is 340 g/mol. The van der Waals surface area contributed by atoms with Gasteiger partial charge in [-0.05, 0) is 24.7 Å². The molecule has 2 aromatic heterocycles. The van der Waals surface area contributed by atoms with Crippen molar-refractivity contribution in [2.24, 2.45) is 0 Å². The number of ether oxygens (including phenoxy) is 1. The molecular weight excluding hydrogens is 320 g/mol. The minimum absolute atomic E-state index is 0.869. The molecule has 0 radical (unpaired) electrons. The number of likely N-dealkylation sites (N-methyl/N-ethyl adjacent to an activating group) is 1.